The number of esters is 1. The lowest BCUT2D eigenvalue weighted by atomic mass is 10.1. The quantitative estimate of drug-likeness (QED) is 0.638. The summed E-state index contributed by atoms with van der Waals surface area (Å²) in [7, 11) is 1.29. The van der Waals surface area contributed by atoms with Gasteiger partial charge in [-0.2, -0.15) is 0 Å². The molecular weight excluding hydrogens is 308 g/mol. The molecule has 122 valence electrons. The molecule has 0 radical (unpaired) electrons. The fourth-order valence-corrected chi connectivity index (χ4v) is 2.35. The first-order chi connectivity index (χ1) is 11.6. The lowest BCUT2D eigenvalue weighted by Crippen LogP contribution is -2.12. The largest absolute Gasteiger partial charge is 0.482 e. The fraction of sp³-hybridized carbons (Fsp3) is 0.158. The molecule has 2 aromatic rings. The first-order valence-electron chi connectivity index (χ1n) is 7.42. The summed E-state index contributed by atoms with van der Waals surface area (Å²) in [5.41, 5.74) is 2.45. The predicted molar refractivity (Wildman–Crippen MR) is 88.1 cm³/mol. The van der Waals surface area contributed by atoms with Crippen molar-refractivity contribution in [2.24, 2.45) is 0 Å². The molecular formula is C19H16O5. The summed E-state index contributed by atoms with van der Waals surface area (Å²) in [6.07, 6.45) is 1.73. The van der Waals surface area contributed by atoms with Crippen molar-refractivity contribution >= 4 is 17.8 Å². The molecule has 1 heterocycles. The predicted octanol–water partition coefficient (Wildman–Crippen LogP) is 3.16. The first-order valence-corrected chi connectivity index (χ1v) is 7.42. The fourth-order valence-electron chi connectivity index (χ4n) is 2.35. The minimum absolute atomic E-state index is 0.173. The summed E-state index contributed by atoms with van der Waals surface area (Å²) in [5, 5.41) is 0. The zero-order chi connectivity index (χ0) is 17.1. The van der Waals surface area contributed by atoms with Crippen molar-refractivity contribution in [2.45, 2.75) is 6.92 Å². The third-order valence-electron chi connectivity index (χ3n) is 3.70. The van der Waals surface area contributed by atoms with Gasteiger partial charge >= 0.3 is 5.97 Å². The van der Waals surface area contributed by atoms with Crippen LogP contribution in [0.5, 0.6) is 11.5 Å². The maximum Gasteiger partial charge on any atom is 0.343 e. The molecule has 0 unspecified atom stereocenters. The van der Waals surface area contributed by atoms with Gasteiger partial charge < -0.3 is 14.2 Å². The van der Waals surface area contributed by atoms with Crippen molar-refractivity contribution < 1.29 is 23.8 Å². The monoisotopic (exact) mass is 324 g/mol. The Bertz CT molecular complexity index is 835. The maximum absolute atomic E-state index is 12.4. The van der Waals surface area contributed by atoms with Crippen LogP contribution in [0.15, 0.2) is 48.2 Å². The number of allylic oxidation sites excluding steroid dienone is 1. The Morgan fingerprint density at radius 3 is 2.75 bits per heavy atom. The van der Waals surface area contributed by atoms with Crippen molar-refractivity contribution in [2.75, 3.05) is 13.7 Å². The average molecular weight is 324 g/mol. The van der Waals surface area contributed by atoms with Crippen LogP contribution in [0.2, 0.25) is 0 Å². The maximum atomic E-state index is 12.4. The van der Waals surface area contributed by atoms with Gasteiger partial charge in [0, 0.05) is 6.07 Å². The van der Waals surface area contributed by atoms with Gasteiger partial charge in [0.15, 0.2) is 12.4 Å². The molecule has 0 N–H and O–H groups in total. The van der Waals surface area contributed by atoms with E-state index in [-0.39, 0.29) is 18.1 Å². The van der Waals surface area contributed by atoms with Crippen LogP contribution >= 0.6 is 0 Å². The molecule has 24 heavy (non-hydrogen) atoms. The van der Waals surface area contributed by atoms with Crippen molar-refractivity contribution in [3.05, 3.63) is 64.9 Å². The van der Waals surface area contributed by atoms with Crippen LogP contribution < -0.4 is 9.47 Å². The van der Waals surface area contributed by atoms with Gasteiger partial charge in [0.05, 0.1) is 12.7 Å². The van der Waals surface area contributed by atoms with E-state index >= 15 is 0 Å². The Morgan fingerprint density at radius 1 is 1.21 bits per heavy atom. The van der Waals surface area contributed by atoms with Gasteiger partial charge in [0.1, 0.15) is 11.5 Å². The molecule has 3 rings (SSSR count). The molecule has 0 saturated carbocycles. The number of rotatable bonds is 4. The average Bonchev–Trinajstić information content (AvgIpc) is 2.90. The number of carbonyl (C=O) groups is 2. The lowest BCUT2D eigenvalue weighted by Gasteiger charge is -2.05. The number of aryl methyl sites for hydroxylation is 1. The Kier molecular flexibility index (Phi) is 4.33. The van der Waals surface area contributed by atoms with Crippen LogP contribution in [-0.2, 0) is 9.53 Å². The van der Waals surface area contributed by atoms with E-state index in [1.807, 2.05) is 31.2 Å². The molecule has 0 bridgehead atoms. The minimum Gasteiger partial charge on any atom is -0.482 e. The van der Waals surface area contributed by atoms with E-state index in [9.17, 15) is 9.59 Å². The highest BCUT2D eigenvalue weighted by Crippen LogP contribution is 2.35. The lowest BCUT2D eigenvalue weighted by molar-refractivity contribution is -0.142. The Hall–Kier alpha value is -3.08. The van der Waals surface area contributed by atoms with Gasteiger partial charge in [0.2, 0.25) is 5.78 Å². The number of methoxy groups -OCH3 is 1. The van der Waals surface area contributed by atoms with Crippen molar-refractivity contribution in [3.63, 3.8) is 0 Å². The number of hydrogen-bond donors (Lipinski definition) is 0. The van der Waals surface area contributed by atoms with Crippen molar-refractivity contribution in [1.29, 1.82) is 0 Å². The molecule has 0 aromatic heterocycles. The Morgan fingerprint density at radius 2 is 2.00 bits per heavy atom. The number of fused-ring (bicyclic) bond motifs is 1. The van der Waals surface area contributed by atoms with Crippen LogP contribution in [0.4, 0.5) is 0 Å². The molecule has 0 aliphatic carbocycles. The van der Waals surface area contributed by atoms with Crippen LogP contribution in [0, 0.1) is 6.92 Å². The van der Waals surface area contributed by atoms with Gasteiger partial charge in [-0.25, -0.2) is 4.79 Å². The van der Waals surface area contributed by atoms with Gasteiger partial charge in [-0.05, 0) is 36.3 Å². The second-order valence-corrected chi connectivity index (χ2v) is 5.32. The third kappa shape index (κ3) is 3.15. The van der Waals surface area contributed by atoms with Gasteiger partial charge in [0.25, 0.3) is 0 Å². The second-order valence-electron chi connectivity index (χ2n) is 5.32. The van der Waals surface area contributed by atoms with E-state index in [1.165, 1.54) is 7.11 Å². The van der Waals surface area contributed by atoms with Crippen molar-refractivity contribution in [3.8, 4) is 11.5 Å². The second kappa shape index (κ2) is 6.58. The number of ketones is 1. The highest BCUT2D eigenvalue weighted by Gasteiger charge is 2.27. The number of ether oxygens (including phenoxy) is 3. The number of carbonyl (C=O) groups excluding carboxylic acids is 2. The SMILES string of the molecule is COC(=O)COc1ccc2c(c1)OC(=Cc1ccccc1C)C2=O. The van der Waals surface area contributed by atoms with Crippen LogP contribution in [0.3, 0.4) is 0 Å². The number of Topliss-reactive ketones (excluding diaryl/α,β-unsaturated/α-hetero) is 1. The molecule has 0 atom stereocenters. The van der Waals surface area contributed by atoms with Gasteiger partial charge in [-0.15, -0.1) is 0 Å². The van der Waals surface area contributed by atoms with E-state index in [4.69, 9.17) is 9.47 Å². The zero-order valence-electron chi connectivity index (χ0n) is 13.4. The molecule has 0 amide bonds. The first kappa shape index (κ1) is 15.8. The molecule has 1 aliphatic rings. The third-order valence-corrected chi connectivity index (χ3v) is 3.70. The summed E-state index contributed by atoms with van der Waals surface area (Å²) in [6.45, 7) is 1.77. The summed E-state index contributed by atoms with van der Waals surface area (Å²) in [6, 6.07) is 12.6. The van der Waals surface area contributed by atoms with Crippen LogP contribution in [0.25, 0.3) is 6.08 Å². The smallest absolute Gasteiger partial charge is 0.343 e. The summed E-state index contributed by atoms with van der Waals surface area (Å²) in [5.74, 6) is 0.469. The normalized spacial score (nSPS) is 14.2. The van der Waals surface area contributed by atoms with Crippen molar-refractivity contribution in [1.82, 2.24) is 0 Å². The molecule has 5 nitrogen and oxygen atoms in total. The van der Waals surface area contributed by atoms with E-state index in [0.717, 1.165) is 11.1 Å². The standard InChI is InChI=1S/C19H16O5/c1-12-5-3-4-6-13(12)9-17-19(21)15-8-7-14(10-16(15)24-17)23-11-18(20)22-2/h3-10H,11H2,1-2H3. The summed E-state index contributed by atoms with van der Waals surface area (Å²) < 4.78 is 15.5. The number of benzene rings is 2. The number of hydrogen-bond acceptors (Lipinski definition) is 5. The van der Waals surface area contributed by atoms with Crippen LogP contribution in [0.1, 0.15) is 21.5 Å². The van der Waals surface area contributed by atoms with E-state index in [0.29, 0.717) is 17.1 Å². The minimum atomic E-state index is -0.479. The molecule has 0 saturated heterocycles. The van der Waals surface area contributed by atoms with E-state index in [2.05, 4.69) is 4.74 Å². The van der Waals surface area contributed by atoms with Gasteiger partial charge in [-0.1, -0.05) is 24.3 Å². The van der Waals surface area contributed by atoms with Crippen LogP contribution in [-0.4, -0.2) is 25.5 Å². The molecule has 5 heteroatoms. The van der Waals surface area contributed by atoms with Gasteiger partial charge in [-0.3, -0.25) is 4.79 Å². The van der Waals surface area contributed by atoms with E-state index < -0.39 is 5.97 Å². The molecule has 0 fully saturated rings. The molecule has 0 spiro atoms. The zero-order valence-corrected chi connectivity index (χ0v) is 13.4. The molecule has 1 aliphatic heterocycles. The Labute approximate surface area is 139 Å². The summed E-state index contributed by atoms with van der Waals surface area (Å²) >= 11 is 0. The highest BCUT2D eigenvalue weighted by atomic mass is 16.6. The molecule has 2 aromatic carbocycles. The summed E-state index contributed by atoms with van der Waals surface area (Å²) in [4.78, 5) is 23.5. The Balaban J connectivity index is 1.82. The highest BCUT2D eigenvalue weighted by molar-refractivity contribution is 6.14. The topological polar surface area (TPSA) is 61.8 Å². The van der Waals surface area contributed by atoms with E-state index in [1.54, 1.807) is 24.3 Å².